The summed E-state index contributed by atoms with van der Waals surface area (Å²) in [6.07, 6.45) is 0.724. The van der Waals surface area contributed by atoms with Crippen LogP contribution in [0.5, 0.6) is 0 Å². The average Bonchev–Trinajstić information content (AvgIpc) is 3.14. The summed E-state index contributed by atoms with van der Waals surface area (Å²) >= 11 is 1.35. The van der Waals surface area contributed by atoms with E-state index >= 15 is 0 Å². The number of thiophene rings is 1. The highest BCUT2D eigenvalue weighted by Crippen LogP contribution is 2.15. The molecular formula is C18H21N3O3S. The first kappa shape index (κ1) is 18.7. The van der Waals surface area contributed by atoms with E-state index in [1.807, 2.05) is 19.2 Å². The van der Waals surface area contributed by atoms with Crippen molar-refractivity contribution in [2.75, 3.05) is 5.32 Å². The maximum absolute atomic E-state index is 12.3. The summed E-state index contributed by atoms with van der Waals surface area (Å²) in [5.41, 5.74) is 6.34. The summed E-state index contributed by atoms with van der Waals surface area (Å²) in [5.74, 6) is -1.17. The van der Waals surface area contributed by atoms with Crippen molar-refractivity contribution in [3.05, 3.63) is 52.2 Å². The molecule has 3 amide bonds. The van der Waals surface area contributed by atoms with Gasteiger partial charge in [-0.05, 0) is 41.6 Å². The highest BCUT2D eigenvalue weighted by Gasteiger charge is 2.24. The Morgan fingerprint density at radius 3 is 2.32 bits per heavy atom. The zero-order valence-electron chi connectivity index (χ0n) is 14.1. The van der Waals surface area contributed by atoms with Crippen LogP contribution in [0.3, 0.4) is 0 Å². The van der Waals surface area contributed by atoms with Gasteiger partial charge in [0.15, 0.2) is 0 Å². The van der Waals surface area contributed by atoms with Crippen LogP contribution in [0, 0.1) is 5.92 Å². The number of nitrogens with two attached hydrogens (primary N) is 1. The van der Waals surface area contributed by atoms with Crippen LogP contribution in [-0.4, -0.2) is 23.8 Å². The van der Waals surface area contributed by atoms with Crippen LogP contribution in [0.4, 0.5) is 5.69 Å². The summed E-state index contributed by atoms with van der Waals surface area (Å²) in [6.45, 7) is 3.79. The molecule has 6 nitrogen and oxygen atoms in total. The predicted octanol–water partition coefficient (Wildman–Crippen LogP) is 2.63. The summed E-state index contributed by atoms with van der Waals surface area (Å²) in [6, 6.07) is 9.30. The number of amides is 3. The molecule has 2 rings (SSSR count). The van der Waals surface area contributed by atoms with E-state index in [4.69, 9.17) is 5.73 Å². The third-order valence-electron chi connectivity index (χ3n) is 3.96. The van der Waals surface area contributed by atoms with E-state index in [0.29, 0.717) is 16.1 Å². The van der Waals surface area contributed by atoms with E-state index in [1.165, 1.54) is 11.3 Å². The van der Waals surface area contributed by atoms with Crippen LogP contribution in [0.15, 0.2) is 41.8 Å². The van der Waals surface area contributed by atoms with E-state index in [-0.39, 0.29) is 17.7 Å². The van der Waals surface area contributed by atoms with Crippen LogP contribution in [0.1, 0.15) is 40.3 Å². The van der Waals surface area contributed by atoms with Gasteiger partial charge in [0.25, 0.3) is 11.8 Å². The lowest BCUT2D eigenvalue weighted by molar-refractivity contribution is -0.120. The van der Waals surface area contributed by atoms with Crippen molar-refractivity contribution in [3.8, 4) is 0 Å². The molecular weight excluding hydrogens is 338 g/mol. The smallest absolute Gasteiger partial charge is 0.265 e. The van der Waals surface area contributed by atoms with Gasteiger partial charge in [0.1, 0.15) is 6.04 Å². The lowest BCUT2D eigenvalue weighted by Crippen LogP contribution is -2.48. The van der Waals surface area contributed by atoms with E-state index in [2.05, 4.69) is 10.6 Å². The predicted molar refractivity (Wildman–Crippen MR) is 98.6 cm³/mol. The average molecular weight is 359 g/mol. The van der Waals surface area contributed by atoms with E-state index in [1.54, 1.807) is 36.4 Å². The highest BCUT2D eigenvalue weighted by molar-refractivity contribution is 7.12. The molecule has 0 saturated carbocycles. The Hall–Kier alpha value is -2.67. The lowest BCUT2D eigenvalue weighted by atomic mass is 9.98. The second kappa shape index (κ2) is 8.43. The molecule has 0 saturated heterocycles. The van der Waals surface area contributed by atoms with E-state index < -0.39 is 11.9 Å². The van der Waals surface area contributed by atoms with Crippen molar-refractivity contribution < 1.29 is 14.4 Å². The molecule has 0 bridgehead atoms. The number of hydrogen-bond donors (Lipinski definition) is 3. The van der Waals surface area contributed by atoms with Crippen molar-refractivity contribution in [3.63, 3.8) is 0 Å². The van der Waals surface area contributed by atoms with Crippen molar-refractivity contribution in [2.45, 2.75) is 26.3 Å². The van der Waals surface area contributed by atoms with E-state index in [0.717, 1.165) is 6.42 Å². The fourth-order valence-corrected chi connectivity index (χ4v) is 2.88. The van der Waals surface area contributed by atoms with Crippen LogP contribution >= 0.6 is 11.3 Å². The molecule has 25 heavy (non-hydrogen) atoms. The summed E-state index contributed by atoms with van der Waals surface area (Å²) in [5, 5.41) is 7.26. The van der Waals surface area contributed by atoms with Crippen molar-refractivity contribution in [2.24, 2.45) is 11.7 Å². The molecule has 1 aromatic heterocycles. The van der Waals surface area contributed by atoms with Gasteiger partial charge >= 0.3 is 0 Å². The van der Waals surface area contributed by atoms with Gasteiger partial charge in [-0.1, -0.05) is 26.3 Å². The first-order chi connectivity index (χ1) is 11.9. The fraction of sp³-hybridized carbons (Fsp3) is 0.278. The minimum Gasteiger partial charge on any atom is -0.368 e. The number of carbonyl (C=O) groups is 3. The Morgan fingerprint density at radius 1 is 1.12 bits per heavy atom. The number of nitrogens with one attached hydrogen (secondary N) is 2. The molecule has 132 valence electrons. The minimum absolute atomic E-state index is 0.0502. The third kappa shape index (κ3) is 4.90. The molecule has 2 atom stereocenters. The number of carbonyl (C=O) groups excluding carboxylic acids is 3. The normalized spacial score (nSPS) is 12.9. The molecule has 1 aromatic carbocycles. The van der Waals surface area contributed by atoms with Gasteiger partial charge in [-0.25, -0.2) is 0 Å². The van der Waals surface area contributed by atoms with E-state index in [9.17, 15) is 14.4 Å². The third-order valence-corrected chi connectivity index (χ3v) is 4.82. The first-order valence-corrected chi connectivity index (χ1v) is 8.85. The standard InChI is InChI=1S/C18H21N3O3S/c1-3-11(2)15(16(19)22)21-17(23)12-6-8-13(9-7-12)20-18(24)14-5-4-10-25-14/h4-11,15H,3H2,1-2H3,(H2,19,22)(H,20,24)(H,21,23). The molecule has 7 heteroatoms. The molecule has 0 spiro atoms. The topological polar surface area (TPSA) is 101 Å². The molecule has 0 aliphatic rings. The zero-order chi connectivity index (χ0) is 18.4. The van der Waals surface area contributed by atoms with Crippen LogP contribution in [0.25, 0.3) is 0 Å². The Morgan fingerprint density at radius 2 is 1.80 bits per heavy atom. The highest BCUT2D eigenvalue weighted by atomic mass is 32.1. The van der Waals surface area contributed by atoms with Gasteiger partial charge in [-0.15, -0.1) is 11.3 Å². The molecule has 0 aliphatic heterocycles. The number of benzene rings is 1. The van der Waals surface area contributed by atoms with Gasteiger partial charge in [-0.3, -0.25) is 14.4 Å². The van der Waals surface area contributed by atoms with Gasteiger partial charge in [0.05, 0.1) is 4.88 Å². The van der Waals surface area contributed by atoms with Crippen LogP contribution in [0.2, 0.25) is 0 Å². The Balaban J connectivity index is 2.02. The lowest BCUT2D eigenvalue weighted by Gasteiger charge is -2.21. The molecule has 0 radical (unpaired) electrons. The van der Waals surface area contributed by atoms with Crippen LogP contribution < -0.4 is 16.4 Å². The Kier molecular flexibility index (Phi) is 6.30. The fourth-order valence-electron chi connectivity index (χ4n) is 2.26. The molecule has 0 fully saturated rings. The van der Waals surface area contributed by atoms with Gasteiger partial charge < -0.3 is 16.4 Å². The van der Waals surface area contributed by atoms with Crippen molar-refractivity contribution in [1.82, 2.24) is 5.32 Å². The molecule has 0 aliphatic carbocycles. The Labute approximate surface area is 150 Å². The second-order valence-corrected chi connectivity index (χ2v) is 6.70. The largest absolute Gasteiger partial charge is 0.368 e. The summed E-state index contributed by atoms with van der Waals surface area (Å²) in [4.78, 5) is 36.4. The summed E-state index contributed by atoms with van der Waals surface area (Å²) in [7, 11) is 0. The minimum atomic E-state index is -0.712. The maximum Gasteiger partial charge on any atom is 0.265 e. The summed E-state index contributed by atoms with van der Waals surface area (Å²) < 4.78 is 0. The van der Waals surface area contributed by atoms with Crippen LogP contribution in [-0.2, 0) is 4.79 Å². The second-order valence-electron chi connectivity index (χ2n) is 5.75. The SMILES string of the molecule is CCC(C)C(NC(=O)c1ccc(NC(=O)c2cccs2)cc1)C(N)=O. The maximum atomic E-state index is 12.3. The number of anilines is 1. The monoisotopic (exact) mass is 359 g/mol. The van der Waals surface area contributed by atoms with Crippen molar-refractivity contribution >= 4 is 34.7 Å². The van der Waals surface area contributed by atoms with Gasteiger partial charge in [0.2, 0.25) is 5.91 Å². The quantitative estimate of drug-likeness (QED) is 0.708. The molecule has 1 heterocycles. The molecule has 4 N–H and O–H groups in total. The van der Waals surface area contributed by atoms with Gasteiger partial charge in [0, 0.05) is 11.3 Å². The first-order valence-electron chi connectivity index (χ1n) is 7.97. The molecule has 2 unspecified atom stereocenters. The number of rotatable bonds is 7. The molecule has 2 aromatic rings. The zero-order valence-corrected chi connectivity index (χ0v) is 14.9. The number of primary amides is 1. The van der Waals surface area contributed by atoms with Gasteiger partial charge in [-0.2, -0.15) is 0 Å². The number of hydrogen-bond acceptors (Lipinski definition) is 4. The Bertz CT molecular complexity index is 741. The van der Waals surface area contributed by atoms with Crippen molar-refractivity contribution in [1.29, 1.82) is 0 Å².